The fraction of sp³-hybridized carbons (Fsp3) is 0.500. The maximum atomic E-state index is 13.7. The van der Waals surface area contributed by atoms with Gasteiger partial charge in [0.15, 0.2) is 0 Å². The SMILES string of the molecule is Cc1ccc(C(=O)NCC(C(=O)O)C2CCOCC2)c(F)c1. The Morgan fingerprint density at radius 1 is 1.41 bits per heavy atom. The van der Waals surface area contributed by atoms with Gasteiger partial charge in [-0.25, -0.2) is 4.39 Å². The van der Waals surface area contributed by atoms with Gasteiger partial charge in [0.25, 0.3) is 5.91 Å². The summed E-state index contributed by atoms with van der Waals surface area (Å²) in [6, 6.07) is 4.33. The number of carboxylic acid groups (broad SMARTS) is 1. The Balaban J connectivity index is 1.99. The van der Waals surface area contributed by atoms with E-state index in [-0.39, 0.29) is 18.0 Å². The lowest BCUT2D eigenvalue weighted by Gasteiger charge is -2.27. The number of aliphatic carboxylic acids is 1. The third kappa shape index (κ3) is 4.04. The van der Waals surface area contributed by atoms with Crippen LogP contribution in [0.4, 0.5) is 4.39 Å². The van der Waals surface area contributed by atoms with Gasteiger partial charge in [-0.2, -0.15) is 0 Å². The first kappa shape index (κ1) is 16.4. The van der Waals surface area contributed by atoms with Crippen LogP contribution in [0.3, 0.4) is 0 Å². The van der Waals surface area contributed by atoms with E-state index in [2.05, 4.69) is 5.32 Å². The van der Waals surface area contributed by atoms with Crippen molar-refractivity contribution in [3.05, 3.63) is 35.1 Å². The summed E-state index contributed by atoms with van der Waals surface area (Å²) in [5, 5.41) is 11.9. The number of rotatable bonds is 5. The number of hydrogen-bond donors (Lipinski definition) is 2. The lowest BCUT2D eigenvalue weighted by atomic mass is 9.86. The van der Waals surface area contributed by atoms with E-state index in [1.807, 2.05) is 0 Å². The number of ether oxygens (including phenoxy) is 1. The van der Waals surface area contributed by atoms with Gasteiger partial charge >= 0.3 is 5.97 Å². The zero-order valence-corrected chi connectivity index (χ0v) is 12.5. The van der Waals surface area contributed by atoms with E-state index < -0.39 is 23.6 Å². The largest absolute Gasteiger partial charge is 0.481 e. The molecule has 1 aromatic carbocycles. The van der Waals surface area contributed by atoms with Gasteiger partial charge in [-0.05, 0) is 43.4 Å². The third-order valence-corrected chi connectivity index (χ3v) is 4.00. The first-order valence-electron chi connectivity index (χ1n) is 7.34. The van der Waals surface area contributed by atoms with Crippen molar-refractivity contribution in [2.45, 2.75) is 19.8 Å². The van der Waals surface area contributed by atoms with Crippen LogP contribution in [0.2, 0.25) is 0 Å². The predicted molar refractivity (Wildman–Crippen MR) is 78.1 cm³/mol. The van der Waals surface area contributed by atoms with Gasteiger partial charge in [-0.1, -0.05) is 6.07 Å². The van der Waals surface area contributed by atoms with Crippen LogP contribution in [0, 0.1) is 24.6 Å². The van der Waals surface area contributed by atoms with Gasteiger partial charge in [-0.3, -0.25) is 9.59 Å². The Bertz CT molecular complexity index is 555. The van der Waals surface area contributed by atoms with Crippen LogP contribution in [0.1, 0.15) is 28.8 Å². The highest BCUT2D eigenvalue weighted by atomic mass is 19.1. The Morgan fingerprint density at radius 3 is 2.68 bits per heavy atom. The average Bonchev–Trinajstić information content (AvgIpc) is 2.48. The molecule has 0 bridgehead atoms. The van der Waals surface area contributed by atoms with Crippen LogP contribution in [0.15, 0.2) is 18.2 Å². The van der Waals surface area contributed by atoms with E-state index in [0.29, 0.717) is 26.1 Å². The van der Waals surface area contributed by atoms with Crippen molar-refractivity contribution in [1.82, 2.24) is 5.32 Å². The van der Waals surface area contributed by atoms with Gasteiger partial charge in [0.05, 0.1) is 11.5 Å². The molecule has 1 fully saturated rings. The third-order valence-electron chi connectivity index (χ3n) is 4.00. The van der Waals surface area contributed by atoms with Crippen LogP contribution in [0.25, 0.3) is 0 Å². The molecule has 1 atom stereocenters. The molecule has 1 heterocycles. The molecule has 0 aliphatic carbocycles. The van der Waals surface area contributed by atoms with E-state index in [1.165, 1.54) is 12.1 Å². The molecule has 5 nitrogen and oxygen atoms in total. The molecule has 22 heavy (non-hydrogen) atoms. The topological polar surface area (TPSA) is 75.6 Å². The molecule has 2 N–H and O–H groups in total. The molecular formula is C16H20FNO4. The fourth-order valence-electron chi connectivity index (χ4n) is 2.68. The normalized spacial score (nSPS) is 17.0. The summed E-state index contributed by atoms with van der Waals surface area (Å²) >= 11 is 0. The zero-order chi connectivity index (χ0) is 16.1. The van der Waals surface area contributed by atoms with Crippen LogP contribution in [-0.2, 0) is 9.53 Å². The molecule has 1 aliphatic heterocycles. The van der Waals surface area contributed by atoms with Crippen molar-refractivity contribution in [2.24, 2.45) is 11.8 Å². The smallest absolute Gasteiger partial charge is 0.308 e. The van der Waals surface area contributed by atoms with Crippen LogP contribution < -0.4 is 5.32 Å². The summed E-state index contributed by atoms with van der Waals surface area (Å²) in [6.45, 7) is 2.80. The molecule has 1 aromatic rings. The van der Waals surface area contributed by atoms with Crippen molar-refractivity contribution in [1.29, 1.82) is 0 Å². The number of halogens is 1. The summed E-state index contributed by atoms with van der Waals surface area (Å²) in [7, 11) is 0. The average molecular weight is 309 g/mol. The van der Waals surface area contributed by atoms with E-state index in [0.717, 1.165) is 5.56 Å². The first-order chi connectivity index (χ1) is 10.5. The number of hydrogen-bond acceptors (Lipinski definition) is 3. The lowest BCUT2D eigenvalue weighted by Crippen LogP contribution is -2.39. The Morgan fingerprint density at radius 2 is 2.09 bits per heavy atom. The number of carbonyl (C=O) groups is 2. The highest BCUT2D eigenvalue weighted by molar-refractivity contribution is 5.94. The molecule has 0 spiro atoms. The van der Waals surface area contributed by atoms with Gasteiger partial charge in [0, 0.05) is 19.8 Å². The quantitative estimate of drug-likeness (QED) is 0.872. The monoisotopic (exact) mass is 309 g/mol. The van der Waals surface area contributed by atoms with E-state index in [1.54, 1.807) is 13.0 Å². The standard InChI is InChI=1S/C16H20FNO4/c1-10-2-3-12(14(17)8-10)15(19)18-9-13(16(20)21)11-4-6-22-7-5-11/h2-3,8,11,13H,4-7,9H2,1H3,(H,18,19)(H,20,21). The summed E-state index contributed by atoms with van der Waals surface area (Å²) < 4.78 is 19.0. The highest BCUT2D eigenvalue weighted by Crippen LogP contribution is 2.24. The number of nitrogens with one attached hydrogen (secondary N) is 1. The minimum absolute atomic E-state index is 0.00779. The number of aryl methyl sites for hydroxylation is 1. The molecular weight excluding hydrogens is 289 g/mol. The minimum atomic E-state index is -0.948. The molecule has 1 unspecified atom stereocenters. The summed E-state index contributed by atoms with van der Waals surface area (Å²) in [5.41, 5.74) is 0.654. The Hall–Kier alpha value is -1.95. The molecule has 0 aromatic heterocycles. The van der Waals surface area contributed by atoms with Gasteiger partial charge < -0.3 is 15.2 Å². The van der Waals surface area contributed by atoms with E-state index in [4.69, 9.17) is 4.74 Å². The summed E-state index contributed by atoms with van der Waals surface area (Å²) in [6.07, 6.45) is 1.32. The maximum Gasteiger partial charge on any atom is 0.308 e. The van der Waals surface area contributed by atoms with E-state index >= 15 is 0 Å². The Kier molecular flexibility index (Phi) is 5.49. The highest BCUT2D eigenvalue weighted by Gasteiger charge is 2.30. The maximum absolute atomic E-state index is 13.7. The first-order valence-corrected chi connectivity index (χ1v) is 7.34. The van der Waals surface area contributed by atoms with Crippen molar-refractivity contribution < 1.29 is 23.8 Å². The molecule has 1 aliphatic rings. The Labute approximate surface area is 128 Å². The summed E-state index contributed by atoms with van der Waals surface area (Å²) in [5.74, 6) is -2.85. The van der Waals surface area contributed by atoms with Crippen molar-refractivity contribution in [3.63, 3.8) is 0 Å². The predicted octanol–water partition coefficient (Wildman–Crippen LogP) is 1.99. The minimum Gasteiger partial charge on any atom is -0.481 e. The second kappa shape index (κ2) is 7.35. The molecule has 1 saturated heterocycles. The van der Waals surface area contributed by atoms with Crippen molar-refractivity contribution in [3.8, 4) is 0 Å². The lowest BCUT2D eigenvalue weighted by molar-refractivity contribution is -0.144. The number of benzene rings is 1. The fourth-order valence-corrected chi connectivity index (χ4v) is 2.68. The number of carboxylic acids is 1. The second-order valence-corrected chi connectivity index (χ2v) is 5.59. The molecule has 120 valence electrons. The van der Waals surface area contributed by atoms with Crippen molar-refractivity contribution >= 4 is 11.9 Å². The molecule has 6 heteroatoms. The second-order valence-electron chi connectivity index (χ2n) is 5.59. The molecule has 0 saturated carbocycles. The number of carbonyl (C=O) groups excluding carboxylic acids is 1. The van der Waals surface area contributed by atoms with Crippen LogP contribution in [-0.4, -0.2) is 36.7 Å². The number of amides is 1. The van der Waals surface area contributed by atoms with Crippen LogP contribution in [0.5, 0.6) is 0 Å². The van der Waals surface area contributed by atoms with Crippen molar-refractivity contribution in [2.75, 3.05) is 19.8 Å². The van der Waals surface area contributed by atoms with Crippen LogP contribution >= 0.6 is 0 Å². The van der Waals surface area contributed by atoms with E-state index in [9.17, 15) is 19.1 Å². The molecule has 0 radical (unpaired) electrons. The molecule has 1 amide bonds. The van der Waals surface area contributed by atoms with Gasteiger partial charge in [-0.15, -0.1) is 0 Å². The van der Waals surface area contributed by atoms with Gasteiger partial charge in [0.1, 0.15) is 5.82 Å². The van der Waals surface area contributed by atoms with Gasteiger partial charge in [0.2, 0.25) is 0 Å². The zero-order valence-electron chi connectivity index (χ0n) is 12.5. The molecule has 2 rings (SSSR count). The summed E-state index contributed by atoms with van der Waals surface area (Å²) in [4.78, 5) is 23.4.